The Morgan fingerprint density at radius 2 is 1.38 bits per heavy atom. The monoisotopic (exact) mass is 396 g/mol. The number of esters is 2. The van der Waals surface area contributed by atoms with Crippen LogP contribution in [0.1, 0.15) is 74.1 Å². The van der Waals surface area contributed by atoms with Gasteiger partial charge in [0.25, 0.3) is 0 Å². The molecule has 4 nitrogen and oxygen atoms in total. The van der Waals surface area contributed by atoms with Crippen LogP contribution < -0.4 is 0 Å². The van der Waals surface area contributed by atoms with E-state index in [0.717, 1.165) is 12.8 Å². The van der Waals surface area contributed by atoms with Gasteiger partial charge in [0, 0.05) is 5.92 Å². The van der Waals surface area contributed by atoms with Crippen molar-refractivity contribution in [2.75, 3.05) is 0 Å². The van der Waals surface area contributed by atoms with Crippen LogP contribution in [0.4, 0.5) is 0 Å². The van der Waals surface area contributed by atoms with E-state index in [1.807, 2.05) is 57.2 Å². The van der Waals surface area contributed by atoms with Crippen LogP contribution in [0.3, 0.4) is 0 Å². The lowest BCUT2D eigenvalue weighted by Crippen LogP contribution is -2.46. The lowest BCUT2D eigenvalue weighted by atomic mass is 9.78. The molecule has 0 fully saturated rings. The highest BCUT2D eigenvalue weighted by Gasteiger charge is 2.42. The third kappa shape index (κ3) is 5.93. The number of rotatable bonds is 10. The summed E-state index contributed by atoms with van der Waals surface area (Å²) in [6, 6.07) is 18.0. The Morgan fingerprint density at radius 1 is 0.862 bits per heavy atom. The molecule has 4 heteroatoms. The predicted molar refractivity (Wildman–Crippen MR) is 115 cm³/mol. The van der Waals surface area contributed by atoms with Crippen LogP contribution in [-0.4, -0.2) is 23.6 Å². The summed E-state index contributed by atoms with van der Waals surface area (Å²) in [5, 5.41) is 0. The van der Waals surface area contributed by atoms with E-state index in [-0.39, 0.29) is 24.0 Å². The summed E-state index contributed by atoms with van der Waals surface area (Å²) in [4.78, 5) is 25.4. The Balaban J connectivity index is 2.24. The maximum atomic E-state index is 12.8. The van der Waals surface area contributed by atoms with E-state index in [0.29, 0.717) is 24.0 Å². The molecule has 156 valence electrons. The molecule has 0 bridgehead atoms. The molecule has 2 aromatic carbocycles. The number of ether oxygens (including phenoxy) is 2. The van der Waals surface area contributed by atoms with Crippen molar-refractivity contribution >= 4 is 11.9 Å². The molecule has 0 aliphatic carbocycles. The van der Waals surface area contributed by atoms with Crippen LogP contribution in [0.25, 0.3) is 0 Å². The van der Waals surface area contributed by atoms with Gasteiger partial charge in [-0.1, -0.05) is 63.6 Å². The molecule has 0 spiro atoms. The average Bonchev–Trinajstić information content (AvgIpc) is 2.77. The van der Waals surface area contributed by atoms with Crippen molar-refractivity contribution in [2.24, 2.45) is 5.92 Å². The summed E-state index contributed by atoms with van der Waals surface area (Å²) in [5.74, 6) is -0.783. The number of carbonyl (C=O) groups excluding carboxylic acids is 2. The van der Waals surface area contributed by atoms with E-state index >= 15 is 0 Å². The molecule has 0 saturated carbocycles. The Kier molecular flexibility index (Phi) is 8.44. The summed E-state index contributed by atoms with van der Waals surface area (Å²) in [6.45, 7) is 8.05. The van der Waals surface area contributed by atoms with Crippen LogP contribution in [0.5, 0.6) is 0 Å². The average molecular weight is 397 g/mol. The first kappa shape index (κ1) is 22.7. The number of hydrogen-bond acceptors (Lipinski definition) is 4. The van der Waals surface area contributed by atoms with Gasteiger partial charge >= 0.3 is 11.9 Å². The number of carbonyl (C=O) groups is 2. The van der Waals surface area contributed by atoms with Crippen LogP contribution in [0.15, 0.2) is 60.7 Å². The highest BCUT2D eigenvalue weighted by molar-refractivity contribution is 5.90. The lowest BCUT2D eigenvalue weighted by molar-refractivity contribution is -0.0872. The Bertz CT molecular complexity index is 772. The summed E-state index contributed by atoms with van der Waals surface area (Å²) < 4.78 is 11.9. The first-order chi connectivity index (χ1) is 13.9. The molecule has 29 heavy (non-hydrogen) atoms. The number of benzene rings is 2. The van der Waals surface area contributed by atoms with Crippen molar-refractivity contribution in [3.8, 4) is 0 Å². The second kappa shape index (κ2) is 10.8. The second-order valence-corrected chi connectivity index (χ2v) is 7.53. The summed E-state index contributed by atoms with van der Waals surface area (Å²) in [5.41, 5.74) is 0.318. The zero-order valence-corrected chi connectivity index (χ0v) is 17.9. The molecule has 3 atom stereocenters. The summed E-state index contributed by atoms with van der Waals surface area (Å²) in [7, 11) is 0. The van der Waals surface area contributed by atoms with Gasteiger partial charge in [0.1, 0.15) is 11.7 Å². The van der Waals surface area contributed by atoms with Crippen molar-refractivity contribution in [1.82, 2.24) is 0 Å². The lowest BCUT2D eigenvalue weighted by Gasteiger charge is -2.40. The van der Waals surface area contributed by atoms with Crippen molar-refractivity contribution in [1.29, 1.82) is 0 Å². The van der Waals surface area contributed by atoms with Gasteiger partial charge < -0.3 is 9.47 Å². The Labute approximate surface area is 174 Å². The molecule has 2 aromatic rings. The first-order valence-electron chi connectivity index (χ1n) is 10.5. The zero-order valence-electron chi connectivity index (χ0n) is 17.9. The fraction of sp³-hybridized carbons (Fsp3) is 0.440. The van der Waals surface area contributed by atoms with Gasteiger partial charge in [0.15, 0.2) is 0 Å². The van der Waals surface area contributed by atoms with Gasteiger partial charge in [-0.3, -0.25) is 0 Å². The standard InChI is InChI=1S/C25H32O4/c1-5-14-21(22(6-2)28-23(26)19-15-10-8-11-16-19)25(4,7-3)29-24(27)20-17-12-9-13-18-20/h8-13,15-18,21-22H,5-7,14H2,1-4H3. The maximum Gasteiger partial charge on any atom is 0.338 e. The summed E-state index contributed by atoms with van der Waals surface area (Å²) in [6.07, 6.45) is 2.66. The van der Waals surface area contributed by atoms with Gasteiger partial charge in [-0.05, 0) is 50.5 Å². The molecule has 3 unspecified atom stereocenters. The molecule has 0 saturated heterocycles. The summed E-state index contributed by atoms with van der Waals surface area (Å²) >= 11 is 0. The highest BCUT2D eigenvalue weighted by atomic mass is 16.6. The zero-order chi connectivity index (χ0) is 21.3. The van der Waals surface area contributed by atoms with Crippen molar-refractivity contribution in [2.45, 2.75) is 65.1 Å². The first-order valence-corrected chi connectivity index (χ1v) is 10.5. The minimum absolute atomic E-state index is 0.0946. The molecule has 0 amide bonds. The number of hydrogen-bond donors (Lipinski definition) is 0. The molecule has 2 rings (SSSR count). The van der Waals surface area contributed by atoms with Gasteiger partial charge in [0.05, 0.1) is 11.1 Å². The normalized spacial score (nSPS) is 15.0. The molecule has 0 aliphatic heterocycles. The van der Waals surface area contributed by atoms with Crippen molar-refractivity contribution in [3.63, 3.8) is 0 Å². The third-order valence-electron chi connectivity index (χ3n) is 5.54. The topological polar surface area (TPSA) is 52.6 Å². The predicted octanol–water partition coefficient (Wildman–Crippen LogP) is 6.06. The molecule has 0 heterocycles. The van der Waals surface area contributed by atoms with E-state index < -0.39 is 5.60 Å². The van der Waals surface area contributed by atoms with Gasteiger partial charge in [-0.15, -0.1) is 0 Å². The second-order valence-electron chi connectivity index (χ2n) is 7.53. The molecule has 0 aliphatic rings. The van der Waals surface area contributed by atoms with E-state index in [1.54, 1.807) is 24.3 Å². The van der Waals surface area contributed by atoms with E-state index in [4.69, 9.17) is 9.47 Å². The van der Waals surface area contributed by atoms with Gasteiger partial charge in [0.2, 0.25) is 0 Å². The molecular weight excluding hydrogens is 364 g/mol. The SMILES string of the molecule is CCCC(C(CC)OC(=O)c1ccccc1)C(C)(CC)OC(=O)c1ccccc1. The largest absolute Gasteiger partial charge is 0.458 e. The molecule has 0 radical (unpaired) electrons. The fourth-order valence-corrected chi connectivity index (χ4v) is 3.68. The van der Waals surface area contributed by atoms with Crippen LogP contribution >= 0.6 is 0 Å². The molecule has 0 N–H and O–H groups in total. The third-order valence-corrected chi connectivity index (χ3v) is 5.54. The van der Waals surface area contributed by atoms with Crippen LogP contribution in [0.2, 0.25) is 0 Å². The van der Waals surface area contributed by atoms with E-state index in [9.17, 15) is 9.59 Å². The van der Waals surface area contributed by atoms with Crippen molar-refractivity contribution in [3.05, 3.63) is 71.8 Å². The molecule has 0 aromatic heterocycles. The van der Waals surface area contributed by atoms with E-state index in [1.165, 1.54) is 0 Å². The Morgan fingerprint density at radius 3 is 1.83 bits per heavy atom. The fourth-order valence-electron chi connectivity index (χ4n) is 3.68. The van der Waals surface area contributed by atoms with Crippen LogP contribution in [-0.2, 0) is 9.47 Å². The molecular formula is C25H32O4. The van der Waals surface area contributed by atoms with E-state index in [2.05, 4.69) is 6.92 Å². The van der Waals surface area contributed by atoms with Gasteiger partial charge in [-0.2, -0.15) is 0 Å². The minimum atomic E-state index is -0.736. The maximum absolute atomic E-state index is 12.8. The van der Waals surface area contributed by atoms with Crippen LogP contribution in [0, 0.1) is 5.92 Å². The van der Waals surface area contributed by atoms with Gasteiger partial charge in [-0.25, -0.2) is 9.59 Å². The minimum Gasteiger partial charge on any atom is -0.458 e. The highest BCUT2D eigenvalue weighted by Crippen LogP contribution is 2.36. The smallest absolute Gasteiger partial charge is 0.338 e. The quantitative estimate of drug-likeness (QED) is 0.458. The van der Waals surface area contributed by atoms with Crippen molar-refractivity contribution < 1.29 is 19.1 Å². The Hall–Kier alpha value is -2.62.